The monoisotopic (exact) mass is 346 g/mol. The minimum atomic E-state index is -0.211. The summed E-state index contributed by atoms with van der Waals surface area (Å²) in [6.45, 7) is 0.721. The van der Waals surface area contributed by atoms with Gasteiger partial charge in [0, 0.05) is 13.6 Å². The Balaban J connectivity index is 1.63. The van der Waals surface area contributed by atoms with Crippen molar-refractivity contribution in [3.63, 3.8) is 0 Å². The van der Waals surface area contributed by atoms with Crippen LogP contribution >= 0.6 is 0 Å². The Bertz CT molecular complexity index is 860. The third-order valence-electron chi connectivity index (χ3n) is 4.86. The van der Waals surface area contributed by atoms with Crippen molar-refractivity contribution in [1.82, 2.24) is 10.2 Å². The molecule has 0 aliphatic heterocycles. The molecule has 0 unspecified atom stereocenters. The number of benzene rings is 3. The predicted molar refractivity (Wildman–Crippen MR) is 108 cm³/mol. The lowest BCUT2D eigenvalue weighted by Crippen LogP contribution is -2.45. The van der Waals surface area contributed by atoms with Gasteiger partial charge in [0.2, 0.25) is 5.91 Å². The van der Waals surface area contributed by atoms with E-state index in [1.54, 1.807) is 0 Å². The number of hydrogen-bond acceptors (Lipinski definition) is 2. The molecular formula is C23H26N2O. The molecule has 1 atom stereocenters. The van der Waals surface area contributed by atoms with E-state index in [1.165, 1.54) is 21.9 Å². The van der Waals surface area contributed by atoms with Gasteiger partial charge in [0.15, 0.2) is 0 Å². The van der Waals surface area contributed by atoms with Gasteiger partial charge in [-0.3, -0.25) is 4.79 Å². The molecule has 26 heavy (non-hydrogen) atoms. The summed E-state index contributed by atoms with van der Waals surface area (Å²) >= 11 is 0. The largest absolute Gasteiger partial charge is 0.344 e. The zero-order valence-corrected chi connectivity index (χ0v) is 15.5. The molecule has 0 radical (unpaired) electrons. The molecule has 0 aliphatic rings. The van der Waals surface area contributed by atoms with E-state index in [-0.39, 0.29) is 11.9 Å². The summed E-state index contributed by atoms with van der Waals surface area (Å²) in [4.78, 5) is 14.7. The topological polar surface area (TPSA) is 32.3 Å². The van der Waals surface area contributed by atoms with E-state index >= 15 is 0 Å². The Morgan fingerprint density at radius 3 is 2.35 bits per heavy atom. The van der Waals surface area contributed by atoms with Crippen LogP contribution < -0.4 is 5.32 Å². The second kappa shape index (κ2) is 8.63. The van der Waals surface area contributed by atoms with Gasteiger partial charge in [0.1, 0.15) is 0 Å². The summed E-state index contributed by atoms with van der Waals surface area (Å²) in [7, 11) is 3.74. The zero-order valence-electron chi connectivity index (χ0n) is 15.5. The van der Waals surface area contributed by atoms with E-state index in [0.717, 1.165) is 13.0 Å². The van der Waals surface area contributed by atoms with Crippen molar-refractivity contribution in [3.05, 3.63) is 83.9 Å². The molecule has 3 aromatic carbocycles. The van der Waals surface area contributed by atoms with Gasteiger partial charge in [0.25, 0.3) is 0 Å². The Hall–Kier alpha value is -2.65. The van der Waals surface area contributed by atoms with Crippen molar-refractivity contribution in [1.29, 1.82) is 0 Å². The fourth-order valence-corrected chi connectivity index (χ4v) is 3.23. The molecule has 3 rings (SSSR count). The number of carbonyl (C=O) groups is 1. The number of carbonyl (C=O) groups excluding carboxylic acids is 1. The van der Waals surface area contributed by atoms with Gasteiger partial charge in [-0.05, 0) is 41.8 Å². The molecule has 134 valence electrons. The molecule has 1 amide bonds. The van der Waals surface area contributed by atoms with Crippen LogP contribution in [-0.2, 0) is 17.6 Å². The van der Waals surface area contributed by atoms with Gasteiger partial charge in [0.05, 0.1) is 6.04 Å². The highest BCUT2D eigenvalue weighted by molar-refractivity contribution is 5.84. The summed E-state index contributed by atoms with van der Waals surface area (Å²) in [5, 5.41) is 5.62. The lowest BCUT2D eigenvalue weighted by molar-refractivity contribution is -0.131. The number of nitrogens with zero attached hydrogens (tertiary/aromatic N) is 1. The highest BCUT2D eigenvalue weighted by Crippen LogP contribution is 2.17. The van der Waals surface area contributed by atoms with Gasteiger partial charge in [-0.1, -0.05) is 72.8 Å². The first kappa shape index (κ1) is 18.2. The van der Waals surface area contributed by atoms with Crippen LogP contribution in [0, 0.1) is 0 Å². The average molecular weight is 346 g/mol. The van der Waals surface area contributed by atoms with Gasteiger partial charge >= 0.3 is 0 Å². The summed E-state index contributed by atoms with van der Waals surface area (Å²) in [6, 6.07) is 24.8. The maximum Gasteiger partial charge on any atom is 0.239 e. The van der Waals surface area contributed by atoms with Crippen LogP contribution in [0.1, 0.15) is 11.1 Å². The lowest BCUT2D eigenvalue weighted by atomic mass is 10.0. The maximum atomic E-state index is 12.8. The molecule has 0 saturated carbocycles. The van der Waals surface area contributed by atoms with Crippen molar-refractivity contribution in [2.45, 2.75) is 18.9 Å². The van der Waals surface area contributed by atoms with Crippen molar-refractivity contribution in [3.8, 4) is 0 Å². The zero-order chi connectivity index (χ0) is 18.4. The van der Waals surface area contributed by atoms with Crippen molar-refractivity contribution >= 4 is 16.7 Å². The van der Waals surface area contributed by atoms with Crippen LogP contribution in [0.4, 0.5) is 0 Å². The number of fused-ring (bicyclic) bond motifs is 1. The molecule has 0 heterocycles. The molecule has 0 aromatic heterocycles. The summed E-state index contributed by atoms with van der Waals surface area (Å²) in [5.74, 6) is 0.136. The fraction of sp³-hybridized carbons (Fsp3) is 0.261. The van der Waals surface area contributed by atoms with Crippen LogP contribution in [0.2, 0.25) is 0 Å². The standard InChI is InChI=1S/C23H26N2O/c1-24-22(17-19-12-13-20-10-6-7-11-21(20)16-19)23(26)25(2)15-14-18-8-4-3-5-9-18/h3-13,16,22,24H,14-15,17H2,1-2H3/t22-/m1/s1. The molecule has 0 aliphatic carbocycles. The molecule has 0 fully saturated rings. The lowest BCUT2D eigenvalue weighted by Gasteiger charge is -2.24. The van der Waals surface area contributed by atoms with E-state index in [9.17, 15) is 4.79 Å². The van der Waals surface area contributed by atoms with Crippen molar-refractivity contribution < 1.29 is 4.79 Å². The molecular weight excluding hydrogens is 320 g/mol. The van der Waals surface area contributed by atoms with Gasteiger partial charge < -0.3 is 10.2 Å². The molecule has 0 bridgehead atoms. The van der Waals surface area contributed by atoms with E-state index in [4.69, 9.17) is 0 Å². The van der Waals surface area contributed by atoms with E-state index in [2.05, 4.69) is 47.8 Å². The first-order valence-corrected chi connectivity index (χ1v) is 9.11. The highest BCUT2D eigenvalue weighted by Gasteiger charge is 2.20. The third-order valence-corrected chi connectivity index (χ3v) is 4.86. The first-order valence-electron chi connectivity index (χ1n) is 9.11. The van der Waals surface area contributed by atoms with Gasteiger partial charge in [-0.15, -0.1) is 0 Å². The highest BCUT2D eigenvalue weighted by atomic mass is 16.2. The SMILES string of the molecule is CN[C@H](Cc1ccc2ccccc2c1)C(=O)N(C)CCc1ccccc1. The van der Waals surface area contributed by atoms with Crippen molar-refractivity contribution in [2.75, 3.05) is 20.6 Å². The number of rotatable bonds is 7. The Kier molecular flexibility index (Phi) is 6.03. The normalized spacial score (nSPS) is 12.1. The fourth-order valence-electron chi connectivity index (χ4n) is 3.23. The first-order chi connectivity index (χ1) is 12.7. The number of likely N-dealkylation sites (N-methyl/N-ethyl adjacent to an activating group) is 2. The number of amides is 1. The van der Waals surface area contributed by atoms with E-state index < -0.39 is 0 Å². The predicted octanol–water partition coefficient (Wildman–Crippen LogP) is 3.67. The number of nitrogens with one attached hydrogen (secondary N) is 1. The molecule has 0 spiro atoms. The van der Waals surface area contributed by atoms with Crippen LogP contribution in [-0.4, -0.2) is 37.5 Å². The molecule has 1 N–H and O–H groups in total. The Morgan fingerprint density at radius 1 is 0.923 bits per heavy atom. The summed E-state index contributed by atoms with van der Waals surface area (Å²) in [5.41, 5.74) is 2.43. The maximum absolute atomic E-state index is 12.8. The Morgan fingerprint density at radius 2 is 1.62 bits per heavy atom. The molecule has 3 heteroatoms. The smallest absolute Gasteiger partial charge is 0.239 e. The van der Waals surface area contributed by atoms with Gasteiger partial charge in [-0.2, -0.15) is 0 Å². The summed E-state index contributed by atoms with van der Waals surface area (Å²) in [6.07, 6.45) is 1.56. The quantitative estimate of drug-likeness (QED) is 0.708. The average Bonchev–Trinajstić information content (AvgIpc) is 2.70. The summed E-state index contributed by atoms with van der Waals surface area (Å²) < 4.78 is 0. The minimum absolute atomic E-state index is 0.136. The van der Waals surface area contributed by atoms with E-state index in [1.807, 2.05) is 49.3 Å². The van der Waals surface area contributed by atoms with E-state index in [0.29, 0.717) is 6.42 Å². The molecule has 3 nitrogen and oxygen atoms in total. The Labute approximate surface area is 155 Å². The second-order valence-electron chi connectivity index (χ2n) is 6.72. The molecule has 3 aromatic rings. The van der Waals surface area contributed by atoms with Crippen LogP contribution in [0.25, 0.3) is 10.8 Å². The van der Waals surface area contributed by atoms with Crippen molar-refractivity contribution in [2.24, 2.45) is 0 Å². The number of hydrogen-bond donors (Lipinski definition) is 1. The van der Waals surface area contributed by atoms with Crippen LogP contribution in [0.5, 0.6) is 0 Å². The third kappa shape index (κ3) is 4.50. The molecule has 0 saturated heterocycles. The second-order valence-corrected chi connectivity index (χ2v) is 6.72. The van der Waals surface area contributed by atoms with Gasteiger partial charge in [-0.25, -0.2) is 0 Å². The minimum Gasteiger partial charge on any atom is -0.344 e. The van der Waals surface area contributed by atoms with Crippen LogP contribution in [0.15, 0.2) is 72.8 Å². The van der Waals surface area contributed by atoms with Crippen LogP contribution in [0.3, 0.4) is 0 Å².